The smallest absolute Gasteiger partial charge is 0.187 e. The topological polar surface area (TPSA) is 78.6 Å². The van der Waals surface area contributed by atoms with Crippen LogP contribution < -0.4 is 4.90 Å². The third-order valence-corrected chi connectivity index (χ3v) is 8.85. The quantitative estimate of drug-likeness (QED) is 0.502. The van der Waals surface area contributed by atoms with E-state index in [1.54, 1.807) is 18.5 Å². The lowest BCUT2D eigenvalue weighted by Crippen LogP contribution is -2.37. The van der Waals surface area contributed by atoms with Gasteiger partial charge >= 0.3 is 0 Å². The van der Waals surface area contributed by atoms with Gasteiger partial charge in [0.1, 0.15) is 17.8 Å². The van der Waals surface area contributed by atoms with Crippen LogP contribution in [0.1, 0.15) is 38.2 Å². The van der Waals surface area contributed by atoms with Crippen LogP contribution in [-0.2, 0) is 15.5 Å². The van der Waals surface area contributed by atoms with Gasteiger partial charge < -0.3 is 9.88 Å². The Morgan fingerprint density at radius 1 is 1.19 bits per heavy atom. The van der Waals surface area contributed by atoms with Crippen LogP contribution >= 0.6 is 0 Å². The van der Waals surface area contributed by atoms with Gasteiger partial charge in [-0.15, -0.1) is 0 Å². The molecule has 4 rings (SSSR count). The summed E-state index contributed by atoms with van der Waals surface area (Å²) in [5.41, 5.74) is 2.46. The SMILES string of the molecule is [C-]#[N+]c1ccc(CS(=O)(CC2CCC(N(C)c3ncnc4[nH]ccc34)CC2)=NCC)cc1. The summed E-state index contributed by atoms with van der Waals surface area (Å²) < 4.78 is 18.2. The number of nitrogens with one attached hydrogen (secondary N) is 1. The first-order chi connectivity index (χ1) is 15.5. The zero-order valence-electron chi connectivity index (χ0n) is 18.7. The van der Waals surface area contributed by atoms with Gasteiger partial charge in [-0.2, -0.15) is 0 Å². The summed E-state index contributed by atoms with van der Waals surface area (Å²) in [4.78, 5) is 17.7. The molecule has 1 aromatic carbocycles. The van der Waals surface area contributed by atoms with Crippen LogP contribution in [-0.4, -0.2) is 44.5 Å². The number of benzene rings is 1. The van der Waals surface area contributed by atoms with Crippen LogP contribution in [0.4, 0.5) is 11.5 Å². The lowest BCUT2D eigenvalue weighted by molar-refractivity contribution is 0.342. The lowest BCUT2D eigenvalue weighted by Gasteiger charge is -2.35. The van der Waals surface area contributed by atoms with Crippen molar-refractivity contribution in [1.29, 1.82) is 0 Å². The molecule has 1 N–H and O–H groups in total. The molecule has 32 heavy (non-hydrogen) atoms. The van der Waals surface area contributed by atoms with Gasteiger partial charge in [-0.3, -0.25) is 0 Å². The van der Waals surface area contributed by atoms with Gasteiger partial charge in [-0.1, -0.05) is 24.3 Å². The first-order valence-corrected chi connectivity index (χ1v) is 13.0. The monoisotopic (exact) mass is 450 g/mol. The summed E-state index contributed by atoms with van der Waals surface area (Å²) in [6, 6.07) is 9.85. The number of hydrogen-bond acceptors (Lipinski definition) is 5. The third kappa shape index (κ3) is 4.94. The molecule has 1 fully saturated rings. The van der Waals surface area contributed by atoms with Crippen molar-refractivity contribution in [2.45, 2.75) is 44.4 Å². The first-order valence-electron chi connectivity index (χ1n) is 11.2. The van der Waals surface area contributed by atoms with Crippen molar-refractivity contribution in [1.82, 2.24) is 15.0 Å². The second-order valence-corrected chi connectivity index (χ2v) is 11.0. The van der Waals surface area contributed by atoms with Crippen LogP contribution in [0.3, 0.4) is 0 Å². The molecule has 0 radical (unpaired) electrons. The Kier molecular flexibility index (Phi) is 6.75. The van der Waals surface area contributed by atoms with E-state index in [-0.39, 0.29) is 0 Å². The molecule has 0 aliphatic heterocycles. The predicted octanol–water partition coefficient (Wildman–Crippen LogP) is 5.19. The molecule has 0 spiro atoms. The molecule has 0 amide bonds. The Balaban J connectivity index is 1.40. The maximum Gasteiger partial charge on any atom is 0.187 e. The van der Waals surface area contributed by atoms with Crippen molar-refractivity contribution < 1.29 is 4.21 Å². The fourth-order valence-electron chi connectivity index (χ4n) is 4.70. The van der Waals surface area contributed by atoms with Gasteiger partial charge in [0.05, 0.1) is 27.4 Å². The maximum atomic E-state index is 13.7. The Morgan fingerprint density at radius 2 is 1.94 bits per heavy atom. The minimum absolute atomic E-state index is 0.416. The normalized spacial score (nSPS) is 20.4. The fourth-order valence-corrected chi connectivity index (χ4v) is 7.27. The number of fused-ring (bicyclic) bond motifs is 1. The molecule has 8 heteroatoms. The highest BCUT2D eigenvalue weighted by Crippen LogP contribution is 2.33. The molecular formula is C24H30N6OS. The number of hydrogen-bond donors (Lipinski definition) is 1. The molecule has 1 saturated carbocycles. The molecular weight excluding hydrogens is 420 g/mol. The molecule has 7 nitrogen and oxygen atoms in total. The van der Waals surface area contributed by atoms with E-state index < -0.39 is 9.73 Å². The van der Waals surface area contributed by atoms with Crippen LogP contribution in [0, 0.1) is 12.5 Å². The summed E-state index contributed by atoms with van der Waals surface area (Å²) in [6.07, 6.45) is 7.71. The highest BCUT2D eigenvalue weighted by molar-refractivity contribution is 7.92. The van der Waals surface area contributed by atoms with E-state index in [0.717, 1.165) is 48.1 Å². The van der Waals surface area contributed by atoms with Crippen molar-refractivity contribution in [3.05, 3.63) is 59.8 Å². The van der Waals surface area contributed by atoms with E-state index in [1.807, 2.05) is 31.3 Å². The Hall–Kier alpha value is -2.92. The van der Waals surface area contributed by atoms with Crippen LogP contribution in [0.2, 0.25) is 0 Å². The number of rotatable bonds is 7. The molecule has 0 bridgehead atoms. The number of aromatic nitrogens is 3. The van der Waals surface area contributed by atoms with Gasteiger partial charge in [-0.25, -0.2) is 23.4 Å². The summed E-state index contributed by atoms with van der Waals surface area (Å²) in [5.74, 6) is 2.50. The Bertz CT molecular complexity index is 1210. The molecule has 168 valence electrons. The minimum atomic E-state index is -2.31. The van der Waals surface area contributed by atoms with E-state index in [0.29, 0.717) is 35.7 Å². The van der Waals surface area contributed by atoms with E-state index in [4.69, 9.17) is 6.57 Å². The average molecular weight is 451 g/mol. The summed E-state index contributed by atoms with van der Waals surface area (Å²) in [7, 11) is -0.200. The fraction of sp³-hybridized carbons (Fsp3) is 0.458. The molecule has 3 aromatic rings. The first kappa shape index (κ1) is 22.3. The van der Waals surface area contributed by atoms with Crippen LogP contribution in [0.5, 0.6) is 0 Å². The van der Waals surface area contributed by atoms with E-state index in [9.17, 15) is 4.21 Å². The standard InChI is InChI=1S/C24H30N6OS/c1-4-29-32(31,15-18-5-9-20(25-2)10-6-18)16-19-7-11-21(12-8-19)30(3)24-22-13-14-26-23(22)27-17-28-24/h5-6,9-10,13-14,17,19,21H,4,7-8,11-12,15-16H2,1,3H3,(H,26,27,28). The number of nitrogens with zero attached hydrogens (tertiary/aromatic N) is 5. The zero-order chi connectivity index (χ0) is 22.6. The molecule has 1 aliphatic carbocycles. The van der Waals surface area contributed by atoms with Gasteiger partial charge in [0.25, 0.3) is 0 Å². The van der Waals surface area contributed by atoms with Crippen molar-refractivity contribution >= 4 is 32.3 Å². The molecule has 2 aromatic heterocycles. The zero-order valence-corrected chi connectivity index (χ0v) is 19.5. The van der Waals surface area contributed by atoms with E-state index in [1.165, 1.54) is 0 Å². The van der Waals surface area contributed by atoms with Crippen molar-refractivity contribution in [2.24, 2.45) is 10.3 Å². The molecule has 1 atom stereocenters. The van der Waals surface area contributed by atoms with E-state index >= 15 is 0 Å². The minimum Gasteiger partial charge on any atom is -0.356 e. The van der Waals surface area contributed by atoms with Crippen molar-refractivity contribution in [2.75, 3.05) is 24.2 Å². The van der Waals surface area contributed by atoms with Crippen molar-refractivity contribution in [3.8, 4) is 0 Å². The van der Waals surface area contributed by atoms with Gasteiger partial charge in [0.2, 0.25) is 0 Å². The Labute approximate surface area is 190 Å². The number of aromatic amines is 1. The van der Waals surface area contributed by atoms with E-state index in [2.05, 4.69) is 36.1 Å². The third-order valence-electron chi connectivity index (χ3n) is 6.35. The van der Waals surface area contributed by atoms with Gasteiger partial charge in [0.15, 0.2) is 5.69 Å². The summed E-state index contributed by atoms with van der Waals surface area (Å²) in [6.45, 7) is 9.62. The number of H-pyrrole nitrogens is 1. The number of anilines is 1. The molecule has 2 heterocycles. The second kappa shape index (κ2) is 9.70. The van der Waals surface area contributed by atoms with Gasteiger partial charge in [0, 0.05) is 31.6 Å². The summed E-state index contributed by atoms with van der Waals surface area (Å²) >= 11 is 0. The molecule has 1 aliphatic rings. The highest BCUT2D eigenvalue weighted by Gasteiger charge is 2.28. The van der Waals surface area contributed by atoms with Crippen LogP contribution in [0.25, 0.3) is 15.9 Å². The Morgan fingerprint density at radius 3 is 2.62 bits per heavy atom. The maximum absolute atomic E-state index is 13.7. The molecule has 0 saturated heterocycles. The lowest BCUT2D eigenvalue weighted by atomic mass is 9.86. The second-order valence-electron chi connectivity index (χ2n) is 8.53. The molecule has 1 unspecified atom stereocenters. The highest BCUT2D eigenvalue weighted by atomic mass is 32.2. The largest absolute Gasteiger partial charge is 0.356 e. The summed E-state index contributed by atoms with van der Waals surface area (Å²) in [5, 5.41) is 1.05. The predicted molar refractivity (Wildman–Crippen MR) is 130 cm³/mol. The average Bonchev–Trinajstić information content (AvgIpc) is 3.29. The van der Waals surface area contributed by atoms with Crippen molar-refractivity contribution in [3.63, 3.8) is 0 Å². The van der Waals surface area contributed by atoms with Gasteiger partial charge in [-0.05, 0) is 50.2 Å². The van der Waals surface area contributed by atoms with Crippen LogP contribution in [0.15, 0.2) is 47.2 Å².